The number of anilines is 1. The van der Waals surface area contributed by atoms with Crippen molar-refractivity contribution in [2.75, 3.05) is 11.8 Å². The molecule has 3 aromatic carbocycles. The highest BCUT2D eigenvalue weighted by Gasteiger charge is 2.31. The number of methoxy groups -OCH3 is 1. The Morgan fingerprint density at radius 2 is 1.76 bits per heavy atom. The number of carbonyl (C=O) groups is 1. The third-order valence-electron chi connectivity index (χ3n) is 4.11. The van der Waals surface area contributed by atoms with Gasteiger partial charge < -0.3 is 14.6 Å². The van der Waals surface area contributed by atoms with Gasteiger partial charge in [0.2, 0.25) is 0 Å². The quantitative estimate of drug-likeness (QED) is 0.466. The van der Waals surface area contributed by atoms with E-state index in [4.69, 9.17) is 4.74 Å². The topological polar surface area (TPSA) is 58.6 Å². The molecule has 0 aliphatic carbocycles. The van der Waals surface area contributed by atoms with Crippen LogP contribution in [0.5, 0.6) is 5.75 Å². The average Bonchev–Trinajstić information content (AvgIpc) is 2.71. The van der Waals surface area contributed by atoms with Gasteiger partial charge in [-0.1, -0.05) is 36.4 Å². The molecule has 29 heavy (non-hydrogen) atoms. The molecule has 3 aromatic rings. The summed E-state index contributed by atoms with van der Waals surface area (Å²) in [4.78, 5) is 11.7. The van der Waals surface area contributed by atoms with Crippen LogP contribution in [0.15, 0.2) is 71.6 Å². The van der Waals surface area contributed by atoms with Crippen molar-refractivity contribution in [1.82, 2.24) is 0 Å². The number of aromatic carboxylic acids is 1. The predicted molar refractivity (Wildman–Crippen MR) is 106 cm³/mol. The normalized spacial score (nSPS) is 11.2. The Morgan fingerprint density at radius 1 is 1.03 bits per heavy atom. The van der Waals surface area contributed by atoms with E-state index in [1.165, 1.54) is 31.4 Å². The summed E-state index contributed by atoms with van der Waals surface area (Å²) < 4.78 is 47.8. The summed E-state index contributed by atoms with van der Waals surface area (Å²) in [6.07, 6.45) is -4.49. The fraction of sp³-hybridized carbons (Fsp3) is 0.0952. The minimum Gasteiger partial charge on any atom is -0.496 e. The molecule has 8 heteroatoms. The first-order valence-corrected chi connectivity index (χ1v) is 9.22. The number of benzene rings is 3. The van der Waals surface area contributed by atoms with Crippen molar-refractivity contribution < 1.29 is 27.8 Å². The number of carboxylic acid groups (broad SMARTS) is 1. The molecule has 0 spiro atoms. The number of carboxylic acids is 1. The number of rotatable bonds is 6. The van der Waals surface area contributed by atoms with Crippen molar-refractivity contribution in [1.29, 1.82) is 0 Å². The van der Waals surface area contributed by atoms with Gasteiger partial charge in [0.05, 0.1) is 28.8 Å². The molecule has 0 atom stereocenters. The zero-order valence-corrected chi connectivity index (χ0v) is 16.0. The SMILES string of the molecule is COc1ccc(C(=O)O)cc1SNc1cc(C(F)(F)F)ccc1-c1ccccc1. The molecular weight excluding hydrogens is 403 g/mol. The Hall–Kier alpha value is -3.13. The Morgan fingerprint density at radius 3 is 2.38 bits per heavy atom. The smallest absolute Gasteiger partial charge is 0.416 e. The molecule has 0 unspecified atom stereocenters. The zero-order valence-electron chi connectivity index (χ0n) is 15.2. The molecule has 150 valence electrons. The van der Waals surface area contributed by atoms with Crippen LogP contribution in [0.4, 0.5) is 18.9 Å². The predicted octanol–water partition coefficient (Wildman–Crippen LogP) is 6.20. The maximum Gasteiger partial charge on any atom is 0.416 e. The molecule has 0 fully saturated rings. The first-order chi connectivity index (χ1) is 13.8. The molecule has 4 nitrogen and oxygen atoms in total. The van der Waals surface area contributed by atoms with Crippen LogP contribution >= 0.6 is 11.9 Å². The summed E-state index contributed by atoms with van der Waals surface area (Å²) in [6, 6.07) is 16.8. The van der Waals surface area contributed by atoms with Crippen molar-refractivity contribution in [2.24, 2.45) is 0 Å². The third kappa shape index (κ3) is 4.83. The zero-order chi connectivity index (χ0) is 21.0. The molecule has 3 rings (SSSR count). The Kier molecular flexibility index (Phi) is 6.03. The molecule has 0 heterocycles. The minimum atomic E-state index is -4.49. The lowest BCUT2D eigenvalue weighted by atomic mass is 10.0. The lowest BCUT2D eigenvalue weighted by Gasteiger charge is -2.16. The van der Waals surface area contributed by atoms with E-state index >= 15 is 0 Å². The van der Waals surface area contributed by atoms with Gasteiger partial charge >= 0.3 is 12.1 Å². The molecular formula is C21H16F3NO3S. The summed E-state index contributed by atoms with van der Waals surface area (Å²) in [6.45, 7) is 0. The molecule has 0 saturated heterocycles. The number of nitrogens with one attached hydrogen (secondary N) is 1. The molecule has 0 aliphatic rings. The minimum absolute atomic E-state index is 0.0439. The average molecular weight is 419 g/mol. The summed E-state index contributed by atoms with van der Waals surface area (Å²) in [5.41, 5.74) is 0.836. The van der Waals surface area contributed by atoms with Gasteiger partial charge in [-0.05, 0) is 47.8 Å². The van der Waals surface area contributed by atoms with Crippen molar-refractivity contribution in [3.05, 3.63) is 77.9 Å². The van der Waals surface area contributed by atoms with Crippen LogP contribution in [0, 0.1) is 0 Å². The molecule has 0 saturated carbocycles. The second kappa shape index (κ2) is 8.48. The van der Waals surface area contributed by atoms with Crippen LogP contribution in [0.3, 0.4) is 0 Å². The Labute approximate surface area is 169 Å². The van der Waals surface area contributed by atoms with E-state index in [1.54, 1.807) is 24.3 Å². The van der Waals surface area contributed by atoms with E-state index < -0.39 is 17.7 Å². The number of hydrogen-bond donors (Lipinski definition) is 2. The summed E-state index contributed by atoms with van der Waals surface area (Å²) in [7, 11) is 1.43. The molecule has 0 bridgehead atoms. The van der Waals surface area contributed by atoms with E-state index in [-0.39, 0.29) is 11.3 Å². The molecule has 0 amide bonds. The van der Waals surface area contributed by atoms with Gasteiger partial charge in [-0.3, -0.25) is 0 Å². The fourth-order valence-electron chi connectivity index (χ4n) is 2.67. The number of alkyl halides is 3. The summed E-state index contributed by atoms with van der Waals surface area (Å²) in [5.74, 6) is -0.709. The van der Waals surface area contributed by atoms with Crippen molar-refractivity contribution >= 4 is 23.6 Å². The van der Waals surface area contributed by atoms with Crippen LogP contribution in [0.25, 0.3) is 11.1 Å². The van der Waals surface area contributed by atoms with E-state index in [0.29, 0.717) is 16.2 Å². The molecule has 0 aromatic heterocycles. The molecule has 2 N–H and O–H groups in total. The van der Waals surface area contributed by atoms with Crippen LogP contribution in [-0.2, 0) is 6.18 Å². The van der Waals surface area contributed by atoms with E-state index in [1.807, 2.05) is 6.07 Å². The van der Waals surface area contributed by atoms with Gasteiger partial charge in [-0.2, -0.15) is 13.2 Å². The van der Waals surface area contributed by atoms with E-state index in [9.17, 15) is 23.1 Å². The van der Waals surface area contributed by atoms with Gasteiger partial charge in [0.1, 0.15) is 5.75 Å². The van der Waals surface area contributed by atoms with Crippen molar-refractivity contribution in [3.63, 3.8) is 0 Å². The third-order valence-corrected chi connectivity index (χ3v) is 4.97. The van der Waals surface area contributed by atoms with Crippen LogP contribution in [-0.4, -0.2) is 18.2 Å². The maximum atomic E-state index is 13.2. The van der Waals surface area contributed by atoms with Crippen LogP contribution < -0.4 is 9.46 Å². The number of halogens is 3. The van der Waals surface area contributed by atoms with E-state index in [2.05, 4.69) is 4.72 Å². The lowest BCUT2D eigenvalue weighted by molar-refractivity contribution is -0.137. The summed E-state index contributed by atoms with van der Waals surface area (Å²) >= 11 is 0.979. The first-order valence-electron chi connectivity index (χ1n) is 8.40. The van der Waals surface area contributed by atoms with E-state index in [0.717, 1.165) is 29.6 Å². The highest BCUT2D eigenvalue weighted by atomic mass is 32.2. The Bertz CT molecular complexity index is 1020. The summed E-state index contributed by atoms with van der Waals surface area (Å²) in [5, 5.41) is 9.18. The highest BCUT2D eigenvalue weighted by molar-refractivity contribution is 8.00. The lowest BCUT2D eigenvalue weighted by Crippen LogP contribution is -2.06. The van der Waals surface area contributed by atoms with Crippen LogP contribution in [0.1, 0.15) is 15.9 Å². The maximum absolute atomic E-state index is 13.2. The van der Waals surface area contributed by atoms with Crippen molar-refractivity contribution in [2.45, 2.75) is 11.1 Å². The van der Waals surface area contributed by atoms with Gasteiger partial charge in [0, 0.05) is 5.56 Å². The number of hydrogen-bond acceptors (Lipinski definition) is 4. The van der Waals surface area contributed by atoms with Gasteiger partial charge in [0.15, 0.2) is 0 Å². The monoisotopic (exact) mass is 419 g/mol. The molecule has 0 aliphatic heterocycles. The van der Waals surface area contributed by atoms with Gasteiger partial charge in [0.25, 0.3) is 0 Å². The molecule has 0 radical (unpaired) electrons. The van der Waals surface area contributed by atoms with Gasteiger partial charge in [-0.15, -0.1) is 0 Å². The second-order valence-electron chi connectivity index (χ2n) is 6.00. The standard InChI is InChI=1S/C21H16F3NO3S/c1-28-18-10-7-14(20(26)27)11-19(18)29-25-17-12-15(21(22,23)24)8-9-16(17)13-5-3-2-4-6-13/h2-12,25H,1H3,(H,26,27). The van der Waals surface area contributed by atoms with Crippen LogP contribution in [0.2, 0.25) is 0 Å². The highest BCUT2D eigenvalue weighted by Crippen LogP contribution is 2.39. The second-order valence-corrected chi connectivity index (χ2v) is 6.85. The fourth-order valence-corrected chi connectivity index (χ4v) is 3.50. The Balaban J connectivity index is 1.99. The first kappa shape index (κ1) is 20.6. The largest absolute Gasteiger partial charge is 0.496 e. The number of ether oxygens (including phenoxy) is 1. The van der Waals surface area contributed by atoms with Crippen molar-refractivity contribution in [3.8, 4) is 16.9 Å². The van der Waals surface area contributed by atoms with Gasteiger partial charge in [-0.25, -0.2) is 4.79 Å².